The first-order valence-electron chi connectivity index (χ1n) is 7.51. The van der Waals surface area contributed by atoms with Gasteiger partial charge in [0.25, 0.3) is 0 Å². The summed E-state index contributed by atoms with van der Waals surface area (Å²) in [7, 11) is -5.62. The van der Waals surface area contributed by atoms with Crippen LogP contribution >= 0.6 is 11.6 Å². The van der Waals surface area contributed by atoms with E-state index in [1.165, 1.54) is 0 Å². The zero-order valence-corrected chi connectivity index (χ0v) is 14.8. The summed E-state index contributed by atoms with van der Waals surface area (Å²) in [6.45, 7) is -0.332. The monoisotopic (exact) mass is 402 g/mol. The molecule has 0 bridgehead atoms. The Bertz CT molecular complexity index is 650. The Morgan fingerprint density at radius 3 is 2.20 bits per heavy atom. The Morgan fingerprint density at radius 2 is 1.60 bits per heavy atom. The number of unbranched alkanes of at least 4 members (excludes halogenated alkanes) is 4. The summed E-state index contributed by atoms with van der Waals surface area (Å²) in [5, 5.41) is -4.87. The van der Waals surface area contributed by atoms with Crippen LogP contribution in [0.1, 0.15) is 32.1 Å². The van der Waals surface area contributed by atoms with Crippen molar-refractivity contribution in [2.24, 2.45) is 0 Å². The number of halogens is 4. The average Bonchev–Trinajstić information content (AvgIpc) is 2.55. The van der Waals surface area contributed by atoms with Gasteiger partial charge in [-0.25, -0.2) is 9.18 Å². The van der Waals surface area contributed by atoms with Gasteiger partial charge < -0.3 is 8.92 Å². The van der Waals surface area contributed by atoms with Crippen LogP contribution < -0.4 is 4.18 Å². The molecule has 25 heavy (non-hydrogen) atoms. The van der Waals surface area contributed by atoms with Gasteiger partial charge in [-0.1, -0.05) is 19.3 Å². The Kier molecular flexibility index (Phi) is 8.51. The van der Waals surface area contributed by atoms with Crippen LogP contribution in [0.25, 0.3) is 0 Å². The van der Waals surface area contributed by atoms with E-state index in [1.807, 2.05) is 0 Å². The smallest absolute Gasteiger partial charge is 0.460 e. The molecule has 0 spiro atoms. The molecule has 0 unspecified atom stereocenters. The number of rotatable bonds is 11. The van der Waals surface area contributed by atoms with Gasteiger partial charge in [-0.05, 0) is 37.1 Å². The van der Waals surface area contributed by atoms with E-state index < -0.39 is 32.9 Å². The van der Waals surface area contributed by atoms with Crippen LogP contribution in [0.4, 0.5) is 13.2 Å². The van der Waals surface area contributed by atoms with Crippen molar-refractivity contribution in [2.75, 3.05) is 12.5 Å². The third kappa shape index (κ3) is 6.74. The van der Waals surface area contributed by atoms with Gasteiger partial charge in [0.2, 0.25) is 0 Å². The molecule has 0 N–H and O–H groups in total. The predicted molar refractivity (Wildman–Crippen MR) is 85.7 cm³/mol. The lowest BCUT2D eigenvalue weighted by atomic mass is 10.2. The molecule has 1 aromatic carbocycles. The van der Waals surface area contributed by atoms with E-state index in [0.717, 1.165) is 43.5 Å². The van der Waals surface area contributed by atoms with Crippen LogP contribution in [0.2, 0.25) is 0 Å². The van der Waals surface area contributed by atoms with Crippen molar-refractivity contribution in [3.63, 3.8) is 0 Å². The molecule has 0 aromatic heterocycles. The summed E-state index contributed by atoms with van der Waals surface area (Å²) < 4.78 is 71.9. The third-order valence-corrected chi connectivity index (χ3v) is 4.56. The topological polar surface area (TPSA) is 69.7 Å². The second kappa shape index (κ2) is 9.86. The minimum atomic E-state index is -5.62. The van der Waals surface area contributed by atoms with Crippen molar-refractivity contribution in [2.45, 2.75) is 37.4 Å². The average molecular weight is 403 g/mol. The Morgan fingerprint density at radius 1 is 1.04 bits per heavy atom. The highest BCUT2D eigenvalue weighted by atomic mass is 35.5. The molecule has 0 heterocycles. The quantitative estimate of drug-likeness (QED) is 0.243. The molecular weight excluding hydrogens is 385 g/mol. The molecule has 0 fully saturated rings. The fraction of sp³-hybridized carbons (Fsp3) is 0.533. The molecule has 0 saturated heterocycles. The van der Waals surface area contributed by atoms with Crippen LogP contribution in [-0.4, -0.2) is 32.1 Å². The van der Waals surface area contributed by atoms with Gasteiger partial charge in [0.15, 0.2) is 0 Å². The molecule has 1 rings (SSSR count). The maximum Gasteiger partial charge on any atom is 0.476 e. The summed E-state index contributed by atoms with van der Waals surface area (Å²) in [6.07, 6.45) is 3.45. The number of carbonyl (C=O) groups excluding carboxylic acids is 1. The van der Waals surface area contributed by atoms with Gasteiger partial charge in [0.05, 0.1) is 6.61 Å². The number of hydrogen-bond donors (Lipinski definition) is 0. The van der Waals surface area contributed by atoms with E-state index in [-0.39, 0.29) is 6.61 Å². The summed E-state index contributed by atoms with van der Waals surface area (Å²) in [4.78, 5) is 11.4. The molecular formula is C15H18ClF3O5S. The fourth-order valence-corrected chi connectivity index (χ4v) is 2.67. The largest absolute Gasteiger partial charge is 0.476 e. The van der Waals surface area contributed by atoms with Crippen molar-refractivity contribution >= 4 is 27.7 Å². The van der Waals surface area contributed by atoms with Gasteiger partial charge in [-0.15, -0.1) is 11.6 Å². The molecule has 0 saturated carbocycles. The van der Waals surface area contributed by atoms with E-state index >= 15 is 0 Å². The second-order valence-electron chi connectivity index (χ2n) is 5.10. The number of esters is 1. The lowest BCUT2D eigenvalue weighted by Gasteiger charge is -2.16. The zero-order valence-electron chi connectivity index (χ0n) is 13.2. The minimum absolute atomic E-state index is 0.322. The normalized spacial score (nSPS) is 12.0. The first-order valence-corrected chi connectivity index (χ1v) is 9.45. The van der Waals surface area contributed by atoms with Crippen molar-refractivity contribution < 1.29 is 35.3 Å². The molecule has 0 aliphatic rings. The van der Waals surface area contributed by atoms with Crippen LogP contribution in [0.5, 0.6) is 5.75 Å². The van der Waals surface area contributed by atoms with Gasteiger partial charge in [0, 0.05) is 5.88 Å². The first-order chi connectivity index (χ1) is 11.7. The van der Waals surface area contributed by atoms with E-state index in [4.69, 9.17) is 11.6 Å². The van der Waals surface area contributed by atoms with E-state index in [1.54, 1.807) is 0 Å². The Balaban J connectivity index is 2.53. The summed E-state index contributed by atoms with van der Waals surface area (Å²) >= 11 is 5.50. The van der Waals surface area contributed by atoms with Crippen molar-refractivity contribution in [1.29, 1.82) is 0 Å². The van der Waals surface area contributed by atoms with Crippen molar-refractivity contribution in [3.8, 4) is 5.75 Å². The van der Waals surface area contributed by atoms with Gasteiger partial charge in [0.1, 0.15) is 11.6 Å². The van der Waals surface area contributed by atoms with Crippen molar-refractivity contribution in [1.82, 2.24) is 0 Å². The van der Waals surface area contributed by atoms with E-state index in [9.17, 15) is 26.4 Å². The second-order valence-corrected chi connectivity index (χ2v) is 7.07. The fourth-order valence-electron chi connectivity index (χ4n) is 1.75. The maximum absolute atomic E-state index is 13.8. The van der Waals surface area contributed by atoms with Gasteiger partial charge in [-0.3, -0.25) is 0 Å². The van der Waals surface area contributed by atoms with Gasteiger partial charge >= 0.3 is 21.3 Å². The molecule has 0 radical (unpaired) electrons. The summed E-state index contributed by atoms with van der Waals surface area (Å²) in [5.41, 5.74) is 0. The number of hydrogen-bond acceptors (Lipinski definition) is 5. The Hall–Kier alpha value is -1.48. The molecule has 0 aliphatic heterocycles. The highest BCUT2D eigenvalue weighted by molar-refractivity contribution is 7.89. The summed E-state index contributed by atoms with van der Waals surface area (Å²) in [5.74, 6) is -2.93. The number of carbonyl (C=O) groups is 1. The number of benzene rings is 1. The molecule has 1 aromatic rings. The SMILES string of the molecule is O=C(OCCCCCCCCl)C(F)(F)S(=O)(=O)Oc1ccc(F)cc1. The van der Waals surface area contributed by atoms with Crippen LogP contribution in [0, 0.1) is 5.82 Å². The highest BCUT2D eigenvalue weighted by Gasteiger charge is 2.57. The van der Waals surface area contributed by atoms with Crippen molar-refractivity contribution in [3.05, 3.63) is 30.1 Å². The minimum Gasteiger partial charge on any atom is -0.460 e. The molecule has 5 nitrogen and oxygen atoms in total. The molecule has 0 amide bonds. The Labute approximate surface area is 149 Å². The van der Waals surface area contributed by atoms with E-state index in [2.05, 4.69) is 8.92 Å². The predicted octanol–water partition coefficient (Wildman–Crippen LogP) is 3.86. The van der Waals surface area contributed by atoms with Gasteiger partial charge in [-0.2, -0.15) is 17.2 Å². The summed E-state index contributed by atoms with van der Waals surface area (Å²) in [6, 6.07) is 3.33. The molecule has 10 heteroatoms. The van der Waals surface area contributed by atoms with Crippen LogP contribution in [-0.2, 0) is 19.6 Å². The molecule has 142 valence electrons. The first kappa shape index (κ1) is 21.6. The molecule has 0 atom stereocenters. The standard InChI is InChI=1S/C15H18ClF3O5S/c16-10-4-2-1-3-5-11-23-14(20)15(18,19)25(21,22)24-13-8-6-12(17)7-9-13/h6-9H,1-5,10-11H2. The highest BCUT2D eigenvalue weighted by Crippen LogP contribution is 2.27. The number of alkyl halides is 3. The zero-order chi connectivity index (χ0) is 18.9. The molecule has 0 aliphatic carbocycles. The third-order valence-electron chi connectivity index (χ3n) is 3.08. The van der Waals surface area contributed by atoms with Crippen LogP contribution in [0.15, 0.2) is 24.3 Å². The van der Waals surface area contributed by atoms with E-state index in [0.29, 0.717) is 18.7 Å². The number of ether oxygens (including phenoxy) is 1. The maximum atomic E-state index is 13.8. The lowest BCUT2D eigenvalue weighted by molar-refractivity contribution is -0.161. The van der Waals surface area contributed by atoms with Crippen LogP contribution in [0.3, 0.4) is 0 Å². The lowest BCUT2D eigenvalue weighted by Crippen LogP contribution is -2.42.